The predicted octanol–water partition coefficient (Wildman–Crippen LogP) is 3.49. The molecule has 0 saturated heterocycles. The van der Waals surface area contributed by atoms with Gasteiger partial charge in [0.05, 0.1) is 12.0 Å². The first kappa shape index (κ1) is 13.0. The first-order valence-corrected chi connectivity index (χ1v) is 5.77. The van der Waals surface area contributed by atoms with Gasteiger partial charge in [-0.15, -0.1) is 0 Å². The van der Waals surface area contributed by atoms with Crippen LogP contribution in [0.15, 0.2) is 24.3 Å². The quantitative estimate of drug-likeness (QED) is 0.800. The molecule has 2 unspecified atom stereocenters. The van der Waals surface area contributed by atoms with Crippen molar-refractivity contribution >= 4 is 11.6 Å². The van der Waals surface area contributed by atoms with Crippen molar-refractivity contribution in [3.05, 3.63) is 34.9 Å². The van der Waals surface area contributed by atoms with E-state index in [0.717, 1.165) is 11.6 Å². The van der Waals surface area contributed by atoms with Gasteiger partial charge in [0, 0.05) is 17.6 Å². The van der Waals surface area contributed by atoms with Crippen LogP contribution < -0.4 is 0 Å². The van der Waals surface area contributed by atoms with Crippen molar-refractivity contribution in [2.24, 2.45) is 5.92 Å². The highest BCUT2D eigenvalue weighted by Gasteiger charge is 2.14. The summed E-state index contributed by atoms with van der Waals surface area (Å²) in [6, 6.07) is 10.4. The van der Waals surface area contributed by atoms with Gasteiger partial charge >= 0.3 is 0 Å². The Morgan fingerprint density at radius 3 is 2.69 bits per heavy atom. The monoisotopic (exact) mass is 236 g/mol. The van der Waals surface area contributed by atoms with Crippen LogP contribution >= 0.6 is 11.6 Å². The van der Waals surface area contributed by atoms with Gasteiger partial charge in [-0.25, -0.2) is 0 Å². The van der Waals surface area contributed by atoms with E-state index < -0.39 is 0 Å². The SMILES string of the molecule is CC(C#N)CN(C)C(C)c1cccc(Cl)c1. The molecule has 0 amide bonds. The fourth-order valence-electron chi connectivity index (χ4n) is 1.65. The van der Waals surface area contributed by atoms with Crippen LogP contribution in [0, 0.1) is 17.2 Å². The Hall–Kier alpha value is -1.04. The number of hydrogen-bond acceptors (Lipinski definition) is 2. The number of nitriles is 1. The van der Waals surface area contributed by atoms with E-state index in [1.54, 1.807) is 0 Å². The van der Waals surface area contributed by atoms with Gasteiger partial charge in [0.25, 0.3) is 0 Å². The second-order valence-electron chi connectivity index (χ2n) is 4.20. The van der Waals surface area contributed by atoms with E-state index in [-0.39, 0.29) is 12.0 Å². The molecular formula is C13H17ClN2. The number of halogens is 1. The minimum Gasteiger partial charge on any atom is -0.298 e. The van der Waals surface area contributed by atoms with Gasteiger partial charge in [-0.05, 0) is 38.6 Å². The topological polar surface area (TPSA) is 27.0 Å². The van der Waals surface area contributed by atoms with E-state index >= 15 is 0 Å². The van der Waals surface area contributed by atoms with Crippen molar-refractivity contribution in [1.29, 1.82) is 5.26 Å². The van der Waals surface area contributed by atoms with Crippen molar-refractivity contribution in [3.63, 3.8) is 0 Å². The molecule has 0 aliphatic carbocycles. The second-order valence-corrected chi connectivity index (χ2v) is 4.64. The van der Waals surface area contributed by atoms with Crippen LogP contribution in [-0.2, 0) is 0 Å². The Morgan fingerprint density at radius 2 is 2.12 bits per heavy atom. The van der Waals surface area contributed by atoms with Gasteiger partial charge in [0.15, 0.2) is 0 Å². The minimum atomic E-state index is 0.0478. The summed E-state index contributed by atoms with van der Waals surface area (Å²) in [5.74, 6) is 0.0478. The van der Waals surface area contributed by atoms with E-state index in [4.69, 9.17) is 16.9 Å². The third-order valence-electron chi connectivity index (χ3n) is 2.77. The Labute approximate surface area is 102 Å². The zero-order valence-electron chi connectivity index (χ0n) is 9.94. The summed E-state index contributed by atoms with van der Waals surface area (Å²) >= 11 is 5.96. The maximum absolute atomic E-state index is 8.78. The largest absolute Gasteiger partial charge is 0.298 e. The summed E-state index contributed by atoms with van der Waals surface area (Å²) in [4.78, 5) is 2.17. The van der Waals surface area contributed by atoms with Gasteiger partial charge in [-0.1, -0.05) is 23.7 Å². The molecule has 3 heteroatoms. The summed E-state index contributed by atoms with van der Waals surface area (Å²) < 4.78 is 0. The summed E-state index contributed by atoms with van der Waals surface area (Å²) in [6.07, 6.45) is 0. The van der Waals surface area contributed by atoms with Crippen LogP contribution in [0.5, 0.6) is 0 Å². The first-order chi connectivity index (χ1) is 7.54. The maximum Gasteiger partial charge on any atom is 0.0666 e. The molecule has 16 heavy (non-hydrogen) atoms. The molecule has 1 aromatic rings. The smallest absolute Gasteiger partial charge is 0.0666 e. The van der Waals surface area contributed by atoms with Crippen LogP contribution in [0.3, 0.4) is 0 Å². The molecule has 1 rings (SSSR count). The van der Waals surface area contributed by atoms with E-state index in [1.165, 1.54) is 5.56 Å². The molecule has 0 aliphatic heterocycles. The predicted molar refractivity (Wildman–Crippen MR) is 67.3 cm³/mol. The molecule has 0 N–H and O–H groups in total. The number of rotatable bonds is 4. The van der Waals surface area contributed by atoms with Crippen molar-refractivity contribution in [2.45, 2.75) is 19.9 Å². The summed E-state index contributed by atoms with van der Waals surface area (Å²) in [5.41, 5.74) is 1.18. The molecule has 0 saturated carbocycles. The highest BCUT2D eigenvalue weighted by atomic mass is 35.5. The lowest BCUT2D eigenvalue weighted by Crippen LogP contribution is -2.26. The van der Waals surface area contributed by atoms with Crippen LogP contribution in [-0.4, -0.2) is 18.5 Å². The highest BCUT2D eigenvalue weighted by molar-refractivity contribution is 6.30. The van der Waals surface area contributed by atoms with Crippen molar-refractivity contribution in [1.82, 2.24) is 4.90 Å². The van der Waals surface area contributed by atoms with Gasteiger partial charge in [0.2, 0.25) is 0 Å². The van der Waals surface area contributed by atoms with Crippen LogP contribution in [0.1, 0.15) is 25.5 Å². The van der Waals surface area contributed by atoms with Gasteiger partial charge in [-0.2, -0.15) is 5.26 Å². The van der Waals surface area contributed by atoms with Crippen molar-refractivity contribution in [3.8, 4) is 6.07 Å². The Bertz CT molecular complexity index is 384. The van der Waals surface area contributed by atoms with Gasteiger partial charge in [0.1, 0.15) is 0 Å². The standard InChI is InChI=1S/C13H17ClN2/c1-10(8-15)9-16(3)11(2)12-5-4-6-13(14)7-12/h4-7,10-11H,9H2,1-3H3. The zero-order chi connectivity index (χ0) is 12.1. The molecule has 0 fully saturated rings. The number of hydrogen-bond donors (Lipinski definition) is 0. The Balaban J connectivity index is 2.71. The lowest BCUT2D eigenvalue weighted by atomic mass is 10.1. The Morgan fingerprint density at radius 1 is 1.44 bits per heavy atom. The second kappa shape index (κ2) is 5.89. The van der Waals surface area contributed by atoms with Gasteiger partial charge < -0.3 is 0 Å². The summed E-state index contributed by atoms with van der Waals surface area (Å²) in [7, 11) is 2.03. The number of nitrogens with zero attached hydrogens (tertiary/aromatic N) is 2. The molecule has 0 aromatic heterocycles. The van der Waals surface area contributed by atoms with Gasteiger partial charge in [-0.3, -0.25) is 4.90 Å². The zero-order valence-corrected chi connectivity index (χ0v) is 10.7. The van der Waals surface area contributed by atoms with E-state index in [2.05, 4.69) is 24.0 Å². The molecule has 2 atom stereocenters. The molecule has 1 aromatic carbocycles. The number of benzene rings is 1. The molecule has 0 aliphatic rings. The minimum absolute atomic E-state index is 0.0478. The lowest BCUT2D eigenvalue weighted by molar-refractivity contribution is 0.244. The normalized spacial score (nSPS) is 14.5. The molecule has 0 heterocycles. The Kier molecular flexibility index (Phi) is 4.79. The summed E-state index contributed by atoms with van der Waals surface area (Å²) in [5, 5.41) is 9.54. The van der Waals surface area contributed by atoms with E-state index in [9.17, 15) is 0 Å². The average Bonchev–Trinajstić information content (AvgIpc) is 2.27. The molecule has 0 radical (unpaired) electrons. The third-order valence-corrected chi connectivity index (χ3v) is 3.01. The highest BCUT2D eigenvalue weighted by Crippen LogP contribution is 2.22. The fourth-order valence-corrected chi connectivity index (χ4v) is 1.85. The molecule has 0 spiro atoms. The average molecular weight is 237 g/mol. The lowest BCUT2D eigenvalue weighted by Gasteiger charge is -2.26. The van der Waals surface area contributed by atoms with E-state index in [1.807, 2.05) is 32.2 Å². The van der Waals surface area contributed by atoms with Crippen LogP contribution in [0.25, 0.3) is 0 Å². The maximum atomic E-state index is 8.78. The van der Waals surface area contributed by atoms with Crippen molar-refractivity contribution in [2.75, 3.05) is 13.6 Å². The van der Waals surface area contributed by atoms with Crippen LogP contribution in [0.2, 0.25) is 5.02 Å². The third kappa shape index (κ3) is 3.52. The molecule has 86 valence electrons. The van der Waals surface area contributed by atoms with Crippen molar-refractivity contribution < 1.29 is 0 Å². The fraction of sp³-hybridized carbons (Fsp3) is 0.462. The first-order valence-electron chi connectivity index (χ1n) is 5.40. The molecule has 0 bridgehead atoms. The summed E-state index contributed by atoms with van der Waals surface area (Å²) in [6.45, 7) is 4.82. The van der Waals surface area contributed by atoms with Crippen LogP contribution in [0.4, 0.5) is 0 Å². The molecule has 2 nitrogen and oxygen atoms in total. The molecular weight excluding hydrogens is 220 g/mol. The van der Waals surface area contributed by atoms with E-state index in [0.29, 0.717) is 0 Å².